The van der Waals surface area contributed by atoms with E-state index < -0.39 is 0 Å². The molecule has 0 N–H and O–H groups in total. The van der Waals surface area contributed by atoms with Crippen LogP contribution in [0.1, 0.15) is 6.92 Å². The maximum atomic E-state index is 10.6. The zero-order valence-corrected chi connectivity index (χ0v) is 6.05. The van der Waals surface area contributed by atoms with Crippen LogP contribution in [0.25, 0.3) is 0 Å². The molecule has 0 aliphatic carbocycles. The summed E-state index contributed by atoms with van der Waals surface area (Å²) >= 11 is 0. The van der Waals surface area contributed by atoms with Crippen molar-refractivity contribution in [1.29, 1.82) is 0 Å². The monoisotopic (exact) mass is 130 g/mol. The van der Waals surface area contributed by atoms with Crippen LogP contribution in [0, 0.1) is 6.42 Å². The number of amides is 1. The lowest BCUT2D eigenvalue weighted by molar-refractivity contribution is 0.136. The molecule has 3 nitrogen and oxygen atoms in total. The molecule has 0 aliphatic rings. The summed E-state index contributed by atoms with van der Waals surface area (Å²) in [6.07, 6.45) is 1.59. The average Bonchev–Trinajstić information content (AvgIpc) is 1.87. The first-order chi connectivity index (χ1) is 4.22. The highest BCUT2D eigenvalue weighted by atomic mass is 16.5. The summed E-state index contributed by atoms with van der Waals surface area (Å²) in [6, 6.07) is 0. The fourth-order valence-corrected chi connectivity index (χ4v) is 0.504. The Kier molecular flexibility index (Phi) is 3.84. The third kappa shape index (κ3) is 2.95. The Labute approximate surface area is 55.6 Å². The van der Waals surface area contributed by atoms with Gasteiger partial charge in [0.25, 0.3) is 0 Å². The Morgan fingerprint density at radius 1 is 1.78 bits per heavy atom. The predicted molar refractivity (Wildman–Crippen MR) is 35.0 cm³/mol. The highest BCUT2D eigenvalue weighted by Crippen LogP contribution is 1.88. The summed E-state index contributed by atoms with van der Waals surface area (Å²) in [5.41, 5.74) is 0. The number of carbonyl (C=O) groups excluding carboxylic acids is 1. The van der Waals surface area contributed by atoms with Gasteiger partial charge in [-0.25, -0.2) is 4.79 Å². The van der Waals surface area contributed by atoms with E-state index in [-0.39, 0.29) is 6.09 Å². The van der Waals surface area contributed by atoms with Gasteiger partial charge in [-0.1, -0.05) is 6.92 Å². The van der Waals surface area contributed by atoms with Gasteiger partial charge in [-0.3, -0.25) is 0 Å². The van der Waals surface area contributed by atoms with Crippen LogP contribution in [0.3, 0.4) is 0 Å². The topological polar surface area (TPSA) is 29.5 Å². The number of carbonyl (C=O) groups is 1. The van der Waals surface area contributed by atoms with Gasteiger partial charge in [0.15, 0.2) is 0 Å². The van der Waals surface area contributed by atoms with Crippen molar-refractivity contribution in [1.82, 2.24) is 4.90 Å². The number of ether oxygens (including phenoxy) is 1. The van der Waals surface area contributed by atoms with Crippen LogP contribution in [0.5, 0.6) is 0 Å². The quantitative estimate of drug-likeness (QED) is 0.556. The molecule has 0 rings (SSSR count). The zero-order valence-electron chi connectivity index (χ0n) is 6.05. The second-order valence-corrected chi connectivity index (χ2v) is 1.76. The van der Waals surface area contributed by atoms with Crippen LogP contribution >= 0.6 is 0 Å². The van der Waals surface area contributed by atoms with Gasteiger partial charge < -0.3 is 9.64 Å². The third-order valence-electron chi connectivity index (χ3n) is 0.943. The maximum absolute atomic E-state index is 10.6. The Morgan fingerprint density at radius 3 is 2.67 bits per heavy atom. The molecular formula is C6H12NO2. The smallest absolute Gasteiger partial charge is 0.409 e. The third-order valence-corrected chi connectivity index (χ3v) is 0.943. The SMILES string of the molecule is C[CH]CN(C)C(=O)OC. The molecule has 1 amide bonds. The van der Waals surface area contributed by atoms with Gasteiger partial charge >= 0.3 is 6.09 Å². The molecule has 53 valence electrons. The molecule has 0 atom stereocenters. The molecule has 0 unspecified atom stereocenters. The summed E-state index contributed by atoms with van der Waals surface area (Å²) < 4.78 is 4.43. The van der Waals surface area contributed by atoms with E-state index in [9.17, 15) is 4.79 Å². The van der Waals surface area contributed by atoms with Crippen molar-refractivity contribution in [3.63, 3.8) is 0 Å². The van der Waals surface area contributed by atoms with Crippen molar-refractivity contribution < 1.29 is 9.53 Å². The number of hydrogen-bond donors (Lipinski definition) is 0. The van der Waals surface area contributed by atoms with Crippen molar-refractivity contribution >= 4 is 6.09 Å². The summed E-state index contributed by atoms with van der Waals surface area (Å²) in [6.45, 7) is 2.52. The Bertz CT molecular complexity index is 93.1. The normalized spacial score (nSPS) is 8.78. The van der Waals surface area contributed by atoms with E-state index in [0.717, 1.165) is 0 Å². The van der Waals surface area contributed by atoms with Crippen molar-refractivity contribution in [2.75, 3.05) is 20.7 Å². The highest BCUT2D eigenvalue weighted by Gasteiger charge is 2.04. The molecule has 0 saturated heterocycles. The van der Waals surface area contributed by atoms with E-state index in [0.29, 0.717) is 6.54 Å². The molecule has 0 saturated carbocycles. The number of methoxy groups -OCH3 is 1. The molecule has 0 aliphatic heterocycles. The van der Waals surface area contributed by atoms with E-state index >= 15 is 0 Å². The van der Waals surface area contributed by atoms with E-state index in [4.69, 9.17) is 0 Å². The van der Waals surface area contributed by atoms with Crippen molar-refractivity contribution in [2.24, 2.45) is 0 Å². The molecule has 0 heterocycles. The molecule has 0 aromatic carbocycles. The van der Waals surface area contributed by atoms with E-state index in [2.05, 4.69) is 4.74 Å². The molecule has 9 heavy (non-hydrogen) atoms. The van der Waals surface area contributed by atoms with Gasteiger partial charge in [0.1, 0.15) is 0 Å². The fraction of sp³-hybridized carbons (Fsp3) is 0.667. The minimum Gasteiger partial charge on any atom is -0.453 e. The standard InChI is InChI=1S/C6H12NO2/c1-4-5-7(2)6(8)9-3/h4H,5H2,1-3H3. The number of rotatable bonds is 2. The summed E-state index contributed by atoms with van der Waals surface area (Å²) in [4.78, 5) is 12.1. The first-order valence-corrected chi connectivity index (χ1v) is 2.79. The molecule has 3 heteroatoms. The number of hydrogen-bond acceptors (Lipinski definition) is 2. The lowest BCUT2D eigenvalue weighted by Crippen LogP contribution is -2.27. The molecule has 1 radical (unpaired) electrons. The lowest BCUT2D eigenvalue weighted by atomic mass is 10.5. The first-order valence-electron chi connectivity index (χ1n) is 2.79. The molecule has 0 aromatic rings. The van der Waals surface area contributed by atoms with Gasteiger partial charge in [0.05, 0.1) is 7.11 Å². The van der Waals surface area contributed by atoms with Crippen LogP contribution < -0.4 is 0 Å². The van der Waals surface area contributed by atoms with Gasteiger partial charge in [-0.15, -0.1) is 0 Å². The van der Waals surface area contributed by atoms with E-state index in [1.54, 1.807) is 7.05 Å². The van der Waals surface area contributed by atoms with Gasteiger partial charge in [-0.2, -0.15) is 0 Å². The second-order valence-electron chi connectivity index (χ2n) is 1.76. The summed E-state index contributed by atoms with van der Waals surface area (Å²) in [5.74, 6) is 0. The molecule has 0 bridgehead atoms. The second kappa shape index (κ2) is 4.18. The molecule has 0 spiro atoms. The average molecular weight is 130 g/mol. The largest absolute Gasteiger partial charge is 0.453 e. The summed E-state index contributed by atoms with van der Waals surface area (Å²) in [5, 5.41) is 0. The summed E-state index contributed by atoms with van der Waals surface area (Å²) in [7, 11) is 3.06. The van der Waals surface area contributed by atoms with E-state index in [1.807, 2.05) is 13.3 Å². The zero-order chi connectivity index (χ0) is 7.28. The molecule has 0 fully saturated rings. The van der Waals surface area contributed by atoms with Gasteiger partial charge in [0, 0.05) is 13.6 Å². The number of nitrogens with zero attached hydrogens (tertiary/aromatic N) is 1. The Morgan fingerprint density at radius 2 is 2.33 bits per heavy atom. The maximum Gasteiger partial charge on any atom is 0.409 e. The Hall–Kier alpha value is -0.730. The van der Waals surface area contributed by atoms with Crippen LogP contribution in [0.2, 0.25) is 0 Å². The van der Waals surface area contributed by atoms with Crippen molar-refractivity contribution in [3.8, 4) is 0 Å². The minimum atomic E-state index is -0.298. The van der Waals surface area contributed by atoms with Crippen molar-refractivity contribution in [3.05, 3.63) is 6.42 Å². The van der Waals surface area contributed by atoms with Crippen LogP contribution in [0.15, 0.2) is 0 Å². The van der Waals surface area contributed by atoms with Crippen molar-refractivity contribution in [2.45, 2.75) is 6.92 Å². The fourth-order valence-electron chi connectivity index (χ4n) is 0.504. The van der Waals surface area contributed by atoms with Crippen LogP contribution in [0.4, 0.5) is 4.79 Å². The van der Waals surface area contributed by atoms with E-state index in [1.165, 1.54) is 12.0 Å². The van der Waals surface area contributed by atoms with Gasteiger partial charge in [-0.05, 0) is 6.42 Å². The molecule has 0 aromatic heterocycles. The van der Waals surface area contributed by atoms with Crippen LogP contribution in [-0.4, -0.2) is 31.7 Å². The predicted octanol–water partition coefficient (Wildman–Crippen LogP) is 0.909. The minimum absolute atomic E-state index is 0.298. The first kappa shape index (κ1) is 8.27. The Balaban J connectivity index is 3.45. The van der Waals surface area contributed by atoms with Gasteiger partial charge in [0.2, 0.25) is 0 Å². The highest BCUT2D eigenvalue weighted by molar-refractivity contribution is 5.66. The molecular weight excluding hydrogens is 118 g/mol. The lowest BCUT2D eigenvalue weighted by Gasteiger charge is -2.12. The van der Waals surface area contributed by atoms with Crippen LogP contribution in [-0.2, 0) is 4.74 Å².